The first-order valence-electron chi connectivity index (χ1n) is 5.73. The zero-order chi connectivity index (χ0) is 12.0. The first-order chi connectivity index (χ1) is 8.16. The summed E-state index contributed by atoms with van der Waals surface area (Å²) in [6.07, 6.45) is 3.88. The van der Waals surface area contributed by atoms with Crippen LogP contribution in [0, 0.1) is 5.92 Å². The van der Waals surface area contributed by atoms with Gasteiger partial charge in [-0.25, -0.2) is 9.89 Å². The number of aromatic nitrogens is 3. The van der Waals surface area contributed by atoms with Crippen LogP contribution in [0.5, 0.6) is 0 Å². The van der Waals surface area contributed by atoms with Gasteiger partial charge < -0.3 is 5.11 Å². The van der Waals surface area contributed by atoms with Gasteiger partial charge in [0, 0.05) is 6.04 Å². The van der Waals surface area contributed by atoms with Gasteiger partial charge in [0.2, 0.25) is 0 Å². The van der Waals surface area contributed by atoms with Crippen LogP contribution >= 0.6 is 11.8 Å². The third kappa shape index (κ3) is 2.11. The Morgan fingerprint density at radius 2 is 2.18 bits per heavy atom. The molecular weight excluding hydrogens is 242 g/mol. The van der Waals surface area contributed by atoms with Crippen LogP contribution in [0.4, 0.5) is 0 Å². The zero-order valence-corrected chi connectivity index (χ0v) is 9.94. The Morgan fingerprint density at radius 3 is 2.71 bits per heavy atom. The normalized spacial score (nSPS) is 21.4. The second kappa shape index (κ2) is 3.90. The fourth-order valence-corrected chi connectivity index (χ4v) is 3.13. The summed E-state index contributed by atoms with van der Waals surface area (Å²) in [7, 11) is 0. The molecule has 2 aliphatic rings. The van der Waals surface area contributed by atoms with Gasteiger partial charge in [-0.1, -0.05) is 11.8 Å². The predicted molar refractivity (Wildman–Crippen MR) is 61.1 cm³/mol. The number of nitrogens with one attached hydrogen (secondary N) is 1. The van der Waals surface area contributed by atoms with Crippen molar-refractivity contribution in [2.75, 3.05) is 0 Å². The highest BCUT2D eigenvalue weighted by atomic mass is 32.2. The van der Waals surface area contributed by atoms with Crippen LogP contribution in [0.1, 0.15) is 31.7 Å². The molecule has 17 heavy (non-hydrogen) atoms. The van der Waals surface area contributed by atoms with Crippen molar-refractivity contribution in [3.05, 3.63) is 10.5 Å². The molecular formula is C10H13N3O3S. The minimum Gasteiger partial charge on any atom is -0.480 e. The molecule has 0 saturated heterocycles. The molecule has 1 unspecified atom stereocenters. The fraction of sp³-hybridized carbons (Fsp3) is 0.700. The summed E-state index contributed by atoms with van der Waals surface area (Å²) < 4.78 is 1.60. The van der Waals surface area contributed by atoms with Gasteiger partial charge in [-0.2, -0.15) is 0 Å². The van der Waals surface area contributed by atoms with E-state index >= 15 is 0 Å². The largest absolute Gasteiger partial charge is 0.480 e. The molecule has 0 spiro atoms. The first kappa shape index (κ1) is 10.9. The van der Waals surface area contributed by atoms with Crippen LogP contribution in [0.2, 0.25) is 0 Å². The molecule has 2 fully saturated rings. The summed E-state index contributed by atoms with van der Waals surface area (Å²) in [5.74, 6) is -0.577. The number of aliphatic carboxylic acids is 1. The number of nitrogens with zero attached hydrogens (tertiary/aromatic N) is 2. The number of hydrogen-bond donors (Lipinski definition) is 2. The average Bonchev–Trinajstić information content (AvgIpc) is 3.15. The summed E-state index contributed by atoms with van der Waals surface area (Å²) in [5.41, 5.74) is -0.227. The van der Waals surface area contributed by atoms with Crippen LogP contribution in [0.15, 0.2) is 9.95 Å². The van der Waals surface area contributed by atoms with Gasteiger partial charge in [0.05, 0.1) is 0 Å². The number of carboxylic acid groups (broad SMARTS) is 1. The Labute approximate surface area is 101 Å². The van der Waals surface area contributed by atoms with Crippen LogP contribution in [-0.4, -0.2) is 31.1 Å². The van der Waals surface area contributed by atoms with Gasteiger partial charge in [-0.3, -0.25) is 9.36 Å². The maximum Gasteiger partial charge on any atom is 0.344 e. The second-order valence-corrected chi connectivity index (χ2v) is 5.74. The molecule has 92 valence electrons. The number of hydrogen-bond acceptors (Lipinski definition) is 4. The van der Waals surface area contributed by atoms with Gasteiger partial charge in [0.25, 0.3) is 0 Å². The number of carbonyl (C=O) groups is 1. The molecule has 2 saturated carbocycles. The molecule has 0 aliphatic heterocycles. The summed E-state index contributed by atoms with van der Waals surface area (Å²) in [6.45, 7) is 0. The number of H-pyrrole nitrogens is 1. The van der Waals surface area contributed by atoms with E-state index in [4.69, 9.17) is 5.11 Å². The van der Waals surface area contributed by atoms with Gasteiger partial charge in [0.15, 0.2) is 5.16 Å². The maximum absolute atomic E-state index is 11.5. The molecule has 0 amide bonds. The Bertz CT molecular complexity index is 501. The Balaban J connectivity index is 1.83. The van der Waals surface area contributed by atoms with Crippen molar-refractivity contribution in [3.8, 4) is 0 Å². The number of aromatic amines is 1. The summed E-state index contributed by atoms with van der Waals surface area (Å²) in [4.78, 5) is 22.7. The van der Waals surface area contributed by atoms with Gasteiger partial charge in [-0.15, -0.1) is 5.10 Å². The van der Waals surface area contributed by atoms with E-state index in [0.717, 1.165) is 25.7 Å². The molecule has 2 N–H and O–H groups in total. The lowest BCUT2D eigenvalue weighted by Crippen LogP contribution is -2.21. The highest BCUT2D eigenvalue weighted by molar-refractivity contribution is 8.00. The SMILES string of the molecule is O=C(O)C(Sc1n[nH]c(=O)n1C1CC1)C1CC1. The minimum absolute atomic E-state index is 0.220. The summed E-state index contributed by atoms with van der Waals surface area (Å²) in [5, 5.41) is 15.5. The predicted octanol–water partition coefficient (Wildman–Crippen LogP) is 0.862. The van der Waals surface area contributed by atoms with E-state index in [0.29, 0.717) is 5.16 Å². The number of rotatable bonds is 5. The molecule has 1 heterocycles. The van der Waals surface area contributed by atoms with E-state index in [9.17, 15) is 9.59 Å². The molecule has 1 atom stereocenters. The van der Waals surface area contributed by atoms with Crippen LogP contribution < -0.4 is 5.69 Å². The van der Waals surface area contributed by atoms with Crippen molar-refractivity contribution in [3.63, 3.8) is 0 Å². The molecule has 0 radical (unpaired) electrons. The summed E-state index contributed by atoms with van der Waals surface area (Å²) in [6, 6.07) is 0.220. The van der Waals surface area contributed by atoms with E-state index in [-0.39, 0.29) is 17.6 Å². The minimum atomic E-state index is -0.810. The highest BCUT2D eigenvalue weighted by Gasteiger charge is 2.39. The Hall–Kier alpha value is -1.24. The fourth-order valence-electron chi connectivity index (χ4n) is 1.89. The monoisotopic (exact) mass is 255 g/mol. The van der Waals surface area contributed by atoms with Crippen molar-refractivity contribution < 1.29 is 9.90 Å². The smallest absolute Gasteiger partial charge is 0.344 e. The van der Waals surface area contributed by atoms with Crippen LogP contribution in [0.25, 0.3) is 0 Å². The van der Waals surface area contributed by atoms with E-state index in [2.05, 4.69) is 10.2 Å². The molecule has 1 aromatic rings. The van der Waals surface area contributed by atoms with Crippen LogP contribution in [-0.2, 0) is 4.79 Å². The molecule has 0 aromatic carbocycles. The first-order valence-corrected chi connectivity index (χ1v) is 6.61. The quantitative estimate of drug-likeness (QED) is 0.762. The molecule has 1 aromatic heterocycles. The van der Waals surface area contributed by atoms with E-state index in [1.54, 1.807) is 4.57 Å². The number of carboxylic acids is 1. The van der Waals surface area contributed by atoms with Crippen molar-refractivity contribution in [1.29, 1.82) is 0 Å². The van der Waals surface area contributed by atoms with Crippen LogP contribution in [0.3, 0.4) is 0 Å². The Kier molecular flexibility index (Phi) is 2.50. The van der Waals surface area contributed by atoms with Gasteiger partial charge in [-0.05, 0) is 31.6 Å². The maximum atomic E-state index is 11.5. The zero-order valence-electron chi connectivity index (χ0n) is 9.13. The number of thioether (sulfide) groups is 1. The van der Waals surface area contributed by atoms with Crippen molar-refractivity contribution in [2.45, 2.75) is 42.1 Å². The van der Waals surface area contributed by atoms with Crippen molar-refractivity contribution in [1.82, 2.24) is 14.8 Å². The van der Waals surface area contributed by atoms with Crippen molar-refractivity contribution >= 4 is 17.7 Å². The standard InChI is InChI=1S/C10H13N3O3S/c14-8(15)7(5-1-2-5)17-10-12-11-9(16)13(10)6-3-4-6/h5-7H,1-4H2,(H,11,16)(H,14,15). The van der Waals surface area contributed by atoms with E-state index in [1.165, 1.54) is 11.8 Å². The molecule has 0 bridgehead atoms. The molecule has 6 nitrogen and oxygen atoms in total. The lowest BCUT2D eigenvalue weighted by atomic mass is 10.3. The molecule has 2 aliphatic carbocycles. The molecule has 7 heteroatoms. The lowest BCUT2D eigenvalue weighted by molar-refractivity contribution is -0.136. The topological polar surface area (TPSA) is 88.0 Å². The Morgan fingerprint density at radius 1 is 1.47 bits per heavy atom. The highest BCUT2D eigenvalue weighted by Crippen LogP contribution is 2.43. The van der Waals surface area contributed by atoms with Crippen molar-refractivity contribution in [2.24, 2.45) is 5.92 Å². The van der Waals surface area contributed by atoms with Gasteiger partial charge >= 0.3 is 11.7 Å². The third-order valence-electron chi connectivity index (χ3n) is 3.11. The lowest BCUT2D eigenvalue weighted by Gasteiger charge is -2.10. The van der Waals surface area contributed by atoms with E-state index in [1.807, 2.05) is 0 Å². The second-order valence-electron chi connectivity index (χ2n) is 4.63. The average molecular weight is 255 g/mol. The molecule has 3 rings (SSSR count). The van der Waals surface area contributed by atoms with E-state index < -0.39 is 11.2 Å². The third-order valence-corrected chi connectivity index (χ3v) is 4.45. The summed E-state index contributed by atoms with van der Waals surface area (Å²) >= 11 is 1.20. The van der Waals surface area contributed by atoms with Gasteiger partial charge in [0.1, 0.15) is 5.25 Å².